The van der Waals surface area contributed by atoms with Gasteiger partial charge in [0.25, 0.3) is 0 Å². The normalized spacial score (nSPS) is 23.1. The van der Waals surface area contributed by atoms with Crippen molar-refractivity contribution in [2.75, 3.05) is 45.8 Å². The highest BCUT2D eigenvalue weighted by Gasteiger charge is 2.34. The van der Waals surface area contributed by atoms with E-state index < -0.39 is 0 Å². The van der Waals surface area contributed by atoms with Crippen LogP contribution in [0.25, 0.3) is 0 Å². The predicted octanol–water partition coefficient (Wildman–Crippen LogP) is 0.540. The molecule has 1 amide bonds. The Balaban J connectivity index is 1.90. The van der Waals surface area contributed by atoms with Crippen LogP contribution < -0.4 is 5.32 Å². The molecule has 2 heterocycles. The van der Waals surface area contributed by atoms with Gasteiger partial charge in [-0.15, -0.1) is 0 Å². The van der Waals surface area contributed by atoms with Crippen LogP contribution in [0.5, 0.6) is 0 Å². The second-order valence-corrected chi connectivity index (χ2v) is 5.91. The number of likely N-dealkylation sites (tertiary alicyclic amines) is 1. The van der Waals surface area contributed by atoms with Crippen LogP contribution >= 0.6 is 0 Å². The van der Waals surface area contributed by atoms with E-state index >= 15 is 0 Å². The minimum atomic E-state index is -0.234. The lowest BCUT2D eigenvalue weighted by Gasteiger charge is -2.36. The second kappa shape index (κ2) is 5.36. The molecule has 0 bridgehead atoms. The van der Waals surface area contributed by atoms with Crippen LogP contribution in [0, 0.1) is 5.41 Å². The third-order valence-electron chi connectivity index (χ3n) is 3.80. The summed E-state index contributed by atoms with van der Waals surface area (Å²) < 4.78 is 0. The number of carbonyl (C=O) groups is 1. The van der Waals surface area contributed by atoms with E-state index in [4.69, 9.17) is 0 Å². The van der Waals surface area contributed by atoms with Gasteiger partial charge in [-0.1, -0.05) is 0 Å². The van der Waals surface area contributed by atoms with Gasteiger partial charge < -0.3 is 15.1 Å². The molecule has 0 spiro atoms. The van der Waals surface area contributed by atoms with E-state index in [1.54, 1.807) is 0 Å². The molecule has 0 aromatic carbocycles. The number of nitrogens with zero attached hydrogens (tertiary/aromatic N) is 2. The molecule has 0 aromatic heterocycles. The summed E-state index contributed by atoms with van der Waals surface area (Å²) >= 11 is 0. The summed E-state index contributed by atoms with van der Waals surface area (Å²) in [6.07, 6.45) is 2.58. The number of piperazine rings is 1. The van der Waals surface area contributed by atoms with Gasteiger partial charge in [-0.3, -0.25) is 4.79 Å². The molecule has 1 N–H and O–H groups in total. The van der Waals surface area contributed by atoms with Crippen molar-refractivity contribution >= 4 is 5.91 Å². The van der Waals surface area contributed by atoms with Gasteiger partial charge >= 0.3 is 0 Å². The Morgan fingerprint density at radius 3 is 2.29 bits per heavy atom. The Morgan fingerprint density at radius 1 is 1.12 bits per heavy atom. The molecular weight excluding hydrogens is 214 g/mol. The van der Waals surface area contributed by atoms with E-state index in [2.05, 4.69) is 24.1 Å². The standard InChI is InChI=1S/C13H25N3O/c1-13(2,11-15-7-3-4-8-15)12(17)16-9-5-14-6-10-16/h14H,3-11H2,1-2H3. The zero-order valence-corrected chi connectivity index (χ0v) is 11.2. The van der Waals surface area contributed by atoms with Crippen molar-refractivity contribution in [3.63, 3.8) is 0 Å². The lowest BCUT2D eigenvalue weighted by atomic mass is 9.90. The highest BCUT2D eigenvalue weighted by Crippen LogP contribution is 2.23. The SMILES string of the molecule is CC(C)(CN1CCCC1)C(=O)N1CCNCC1. The zero-order chi connectivity index (χ0) is 12.3. The molecule has 17 heavy (non-hydrogen) atoms. The quantitative estimate of drug-likeness (QED) is 0.781. The summed E-state index contributed by atoms with van der Waals surface area (Å²) in [6, 6.07) is 0. The van der Waals surface area contributed by atoms with Gasteiger partial charge in [0.05, 0.1) is 5.41 Å². The number of amides is 1. The summed E-state index contributed by atoms with van der Waals surface area (Å²) in [6.45, 7) is 11.0. The van der Waals surface area contributed by atoms with Crippen molar-refractivity contribution in [1.82, 2.24) is 15.1 Å². The first kappa shape index (κ1) is 12.8. The predicted molar refractivity (Wildman–Crippen MR) is 68.9 cm³/mol. The lowest BCUT2D eigenvalue weighted by Crippen LogP contribution is -2.52. The van der Waals surface area contributed by atoms with Crippen LogP contribution in [0.2, 0.25) is 0 Å². The smallest absolute Gasteiger partial charge is 0.229 e. The Bertz CT molecular complexity index is 266. The third-order valence-corrected chi connectivity index (χ3v) is 3.80. The van der Waals surface area contributed by atoms with Crippen molar-refractivity contribution in [2.24, 2.45) is 5.41 Å². The number of hydrogen-bond donors (Lipinski definition) is 1. The number of nitrogens with one attached hydrogen (secondary N) is 1. The first-order valence-corrected chi connectivity index (χ1v) is 6.82. The third kappa shape index (κ3) is 3.19. The van der Waals surface area contributed by atoms with Crippen molar-refractivity contribution in [1.29, 1.82) is 0 Å². The van der Waals surface area contributed by atoms with Crippen molar-refractivity contribution < 1.29 is 4.79 Å². The van der Waals surface area contributed by atoms with E-state index in [-0.39, 0.29) is 5.41 Å². The molecule has 2 saturated heterocycles. The molecule has 98 valence electrons. The zero-order valence-electron chi connectivity index (χ0n) is 11.2. The van der Waals surface area contributed by atoms with E-state index in [9.17, 15) is 4.79 Å². The maximum Gasteiger partial charge on any atom is 0.229 e. The fourth-order valence-corrected chi connectivity index (χ4v) is 2.86. The fraction of sp³-hybridized carbons (Fsp3) is 0.923. The first-order valence-electron chi connectivity index (χ1n) is 6.82. The van der Waals surface area contributed by atoms with E-state index in [1.165, 1.54) is 12.8 Å². The van der Waals surface area contributed by atoms with Gasteiger partial charge in [-0.25, -0.2) is 0 Å². The van der Waals surface area contributed by atoms with Crippen LogP contribution in [0.4, 0.5) is 0 Å². The Morgan fingerprint density at radius 2 is 1.71 bits per heavy atom. The summed E-state index contributed by atoms with van der Waals surface area (Å²) in [5.41, 5.74) is -0.234. The van der Waals surface area contributed by atoms with Gasteiger partial charge in [0, 0.05) is 32.7 Å². The molecular formula is C13H25N3O. The Labute approximate surface area is 104 Å². The molecule has 0 aromatic rings. The van der Waals surface area contributed by atoms with Gasteiger partial charge in [-0.2, -0.15) is 0 Å². The van der Waals surface area contributed by atoms with Gasteiger partial charge in [-0.05, 0) is 39.8 Å². The van der Waals surface area contributed by atoms with E-state index in [0.717, 1.165) is 45.8 Å². The summed E-state index contributed by atoms with van der Waals surface area (Å²) in [7, 11) is 0. The maximum absolute atomic E-state index is 12.5. The molecule has 2 aliphatic rings. The summed E-state index contributed by atoms with van der Waals surface area (Å²) in [5.74, 6) is 0.325. The van der Waals surface area contributed by atoms with Crippen molar-refractivity contribution in [2.45, 2.75) is 26.7 Å². The minimum Gasteiger partial charge on any atom is -0.340 e. The molecule has 2 aliphatic heterocycles. The second-order valence-electron chi connectivity index (χ2n) is 5.91. The van der Waals surface area contributed by atoms with E-state index in [1.807, 2.05) is 4.90 Å². The van der Waals surface area contributed by atoms with Crippen LogP contribution in [-0.4, -0.2) is 61.5 Å². The summed E-state index contributed by atoms with van der Waals surface area (Å²) in [5, 5.41) is 3.29. The van der Waals surface area contributed by atoms with Crippen LogP contribution in [0.1, 0.15) is 26.7 Å². The average molecular weight is 239 g/mol. The van der Waals surface area contributed by atoms with Crippen LogP contribution in [0.15, 0.2) is 0 Å². The highest BCUT2D eigenvalue weighted by atomic mass is 16.2. The monoisotopic (exact) mass is 239 g/mol. The van der Waals surface area contributed by atoms with Gasteiger partial charge in [0.15, 0.2) is 0 Å². The first-order chi connectivity index (χ1) is 8.09. The van der Waals surface area contributed by atoms with Gasteiger partial charge in [0.2, 0.25) is 5.91 Å². The number of carbonyl (C=O) groups excluding carboxylic acids is 1. The summed E-state index contributed by atoms with van der Waals surface area (Å²) in [4.78, 5) is 16.9. The number of rotatable bonds is 3. The molecule has 4 heteroatoms. The van der Waals surface area contributed by atoms with Crippen LogP contribution in [0.3, 0.4) is 0 Å². The largest absolute Gasteiger partial charge is 0.340 e. The minimum absolute atomic E-state index is 0.234. The Hall–Kier alpha value is -0.610. The Kier molecular flexibility index (Phi) is 4.05. The molecule has 0 radical (unpaired) electrons. The molecule has 4 nitrogen and oxygen atoms in total. The van der Waals surface area contributed by atoms with Gasteiger partial charge in [0.1, 0.15) is 0 Å². The topological polar surface area (TPSA) is 35.6 Å². The maximum atomic E-state index is 12.5. The molecule has 2 rings (SSSR count). The fourth-order valence-electron chi connectivity index (χ4n) is 2.86. The molecule has 0 aliphatic carbocycles. The molecule has 2 fully saturated rings. The van der Waals surface area contributed by atoms with Crippen LogP contribution in [-0.2, 0) is 4.79 Å². The number of hydrogen-bond acceptors (Lipinski definition) is 3. The molecule has 0 saturated carbocycles. The van der Waals surface area contributed by atoms with Crippen molar-refractivity contribution in [3.8, 4) is 0 Å². The van der Waals surface area contributed by atoms with E-state index in [0.29, 0.717) is 5.91 Å². The van der Waals surface area contributed by atoms with Crippen molar-refractivity contribution in [3.05, 3.63) is 0 Å². The average Bonchev–Trinajstić information content (AvgIpc) is 2.81. The lowest BCUT2D eigenvalue weighted by molar-refractivity contribution is -0.141. The highest BCUT2D eigenvalue weighted by molar-refractivity contribution is 5.82. The molecule has 0 atom stereocenters. The molecule has 0 unspecified atom stereocenters.